The summed E-state index contributed by atoms with van der Waals surface area (Å²) in [4.78, 5) is 23.0. The molecule has 3 rings (SSSR count). The topological polar surface area (TPSA) is 102 Å². The van der Waals surface area contributed by atoms with Gasteiger partial charge in [0.15, 0.2) is 6.29 Å². The number of fused-ring (bicyclic) bond motifs is 1. The number of hydrogen-bond acceptors (Lipinski definition) is 6. The van der Waals surface area contributed by atoms with E-state index in [1.165, 1.54) is 13.2 Å². The van der Waals surface area contributed by atoms with E-state index in [4.69, 9.17) is 14.2 Å². The first-order valence-corrected chi connectivity index (χ1v) is 8.87. The summed E-state index contributed by atoms with van der Waals surface area (Å²) < 4.78 is 17.2. The van der Waals surface area contributed by atoms with Crippen LogP contribution in [-0.2, 0) is 23.8 Å². The number of carboxylic acids is 1. The van der Waals surface area contributed by atoms with Gasteiger partial charge in [-0.05, 0) is 39.0 Å². The Labute approximate surface area is 146 Å². The first kappa shape index (κ1) is 18.4. The molecule has 2 aliphatic heterocycles. The van der Waals surface area contributed by atoms with Gasteiger partial charge in [-0.2, -0.15) is 0 Å². The maximum absolute atomic E-state index is 11.6. The van der Waals surface area contributed by atoms with Crippen LogP contribution in [0.4, 0.5) is 0 Å². The fraction of sp³-hybridized carbons (Fsp3) is 0.778. The lowest BCUT2D eigenvalue weighted by Gasteiger charge is -2.41. The summed E-state index contributed by atoms with van der Waals surface area (Å²) in [5.41, 5.74) is 0.282. The van der Waals surface area contributed by atoms with Gasteiger partial charge in [0.25, 0.3) is 0 Å². The maximum Gasteiger partial charge on any atom is 0.334 e. The zero-order valence-electron chi connectivity index (χ0n) is 14.8. The number of aliphatic carboxylic acids is 1. The van der Waals surface area contributed by atoms with Crippen LogP contribution in [0.15, 0.2) is 11.8 Å². The Morgan fingerprint density at radius 2 is 1.96 bits per heavy atom. The predicted molar refractivity (Wildman–Crippen MR) is 86.2 cm³/mol. The fourth-order valence-electron chi connectivity index (χ4n) is 4.41. The summed E-state index contributed by atoms with van der Waals surface area (Å²) in [5.74, 6) is -1.28. The Kier molecular flexibility index (Phi) is 5.18. The number of Topliss-reactive ketones (excluding diaryl/α,β-unsaturated/α-hetero) is 1. The van der Waals surface area contributed by atoms with E-state index < -0.39 is 24.7 Å². The van der Waals surface area contributed by atoms with Crippen molar-refractivity contribution in [1.29, 1.82) is 0 Å². The van der Waals surface area contributed by atoms with Crippen molar-refractivity contribution in [1.82, 2.24) is 0 Å². The highest BCUT2D eigenvalue weighted by Gasteiger charge is 2.49. The van der Waals surface area contributed by atoms with Gasteiger partial charge in [-0.1, -0.05) is 6.92 Å². The van der Waals surface area contributed by atoms with Gasteiger partial charge in [0.1, 0.15) is 11.9 Å². The van der Waals surface area contributed by atoms with Crippen molar-refractivity contribution >= 4 is 11.8 Å². The zero-order valence-corrected chi connectivity index (χ0v) is 14.8. The number of carboxylic acid groups (broad SMARTS) is 1. The lowest BCUT2D eigenvalue weighted by Crippen LogP contribution is -2.50. The molecule has 8 atom stereocenters. The largest absolute Gasteiger partial charge is 0.478 e. The molecule has 2 N–H and O–H groups in total. The van der Waals surface area contributed by atoms with Crippen molar-refractivity contribution in [3.63, 3.8) is 0 Å². The average Bonchev–Trinajstić information content (AvgIpc) is 2.92. The third-order valence-corrected chi connectivity index (χ3v) is 5.86. The number of ether oxygens (including phenoxy) is 3. The molecule has 7 nitrogen and oxygen atoms in total. The third-order valence-electron chi connectivity index (χ3n) is 5.86. The monoisotopic (exact) mass is 354 g/mol. The van der Waals surface area contributed by atoms with Crippen LogP contribution in [0.5, 0.6) is 0 Å². The van der Waals surface area contributed by atoms with Crippen molar-refractivity contribution in [3.05, 3.63) is 11.8 Å². The van der Waals surface area contributed by atoms with E-state index in [-0.39, 0.29) is 47.6 Å². The summed E-state index contributed by atoms with van der Waals surface area (Å²) in [5, 5.41) is 19.7. The van der Waals surface area contributed by atoms with Crippen LogP contribution in [0.3, 0.4) is 0 Å². The van der Waals surface area contributed by atoms with E-state index in [1.54, 1.807) is 6.92 Å². The summed E-state index contributed by atoms with van der Waals surface area (Å²) in [7, 11) is 0. The van der Waals surface area contributed by atoms with Crippen molar-refractivity contribution in [2.45, 2.75) is 64.8 Å². The SMILES string of the molecule is CC(=O)C1CC(O)C(OC2OC=C(C(=O)O)C3CCC(C)C23)OC1C. The molecule has 3 aliphatic rings. The van der Waals surface area contributed by atoms with Crippen LogP contribution < -0.4 is 0 Å². The van der Waals surface area contributed by atoms with Gasteiger partial charge in [-0.15, -0.1) is 0 Å². The van der Waals surface area contributed by atoms with E-state index in [1.807, 2.05) is 0 Å². The molecule has 2 heterocycles. The minimum Gasteiger partial charge on any atom is -0.478 e. The molecule has 2 fully saturated rings. The summed E-state index contributed by atoms with van der Waals surface area (Å²) >= 11 is 0. The van der Waals surface area contributed by atoms with E-state index in [9.17, 15) is 19.8 Å². The standard InChI is InChI=1S/C18H26O7/c1-8-4-5-11-13(16(21)22)7-23-18(15(8)11)25-17-14(20)6-12(9(2)19)10(3)24-17/h7-8,10-12,14-15,17-18,20H,4-6H2,1-3H3,(H,21,22). The molecular formula is C18H26O7. The first-order chi connectivity index (χ1) is 11.8. The van der Waals surface area contributed by atoms with Crippen LogP contribution in [0.25, 0.3) is 0 Å². The van der Waals surface area contributed by atoms with Gasteiger partial charge in [0.2, 0.25) is 6.29 Å². The van der Waals surface area contributed by atoms with Crippen LogP contribution >= 0.6 is 0 Å². The highest BCUT2D eigenvalue weighted by Crippen LogP contribution is 2.47. The molecule has 0 amide bonds. The lowest BCUT2D eigenvalue weighted by atomic mass is 9.83. The van der Waals surface area contributed by atoms with Gasteiger partial charge < -0.3 is 24.4 Å². The Balaban J connectivity index is 1.72. The van der Waals surface area contributed by atoms with Crippen LogP contribution in [0.1, 0.15) is 40.0 Å². The summed E-state index contributed by atoms with van der Waals surface area (Å²) in [6.07, 6.45) is 0.418. The Morgan fingerprint density at radius 1 is 1.24 bits per heavy atom. The Hall–Kier alpha value is -1.44. The second kappa shape index (κ2) is 7.05. The summed E-state index contributed by atoms with van der Waals surface area (Å²) in [6, 6.07) is 0. The summed E-state index contributed by atoms with van der Waals surface area (Å²) in [6.45, 7) is 5.34. The highest BCUT2D eigenvalue weighted by molar-refractivity contribution is 5.87. The lowest BCUT2D eigenvalue weighted by molar-refractivity contribution is -0.311. The average molecular weight is 354 g/mol. The number of hydrogen-bond donors (Lipinski definition) is 2. The number of aliphatic hydroxyl groups is 1. The van der Waals surface area contributed by atoms with Crippen molar-refractivity contribution < 1.29 is 34.0 Å². The molecule has 0 bridgehead atoms. The van der Waals surface area contributed by atoms with Gasteiger partial charge in [0, 0.05) is 17.8 Å². The molecule has 140 valence electrons. The van der Waals surface area contributed by atoms with E-state index in [2.05, 4.69) is 6.92 Å². The van der Waals surface area contributed by atoms with Gasteiger partial charge in [0.05, 0.1) is 17.9 Å². The first-order valence-electron chi connectivity index (χ1n) is 8.87. The molecule has 8 unspecified atom stereocenters. The molecule has 1 aliphatic carbocycles. The predicted octanol–water partition coefficient (Wildman–Crippen LogP) is 1.69. The molecule has 25 heavy (non-hydrogen) atoms. The van der Waals surface area contributed by atoms with Crippen LogP contribution in [0.2, 0.25) is 0 Å². The third kappa shape index (κ3) is 3.45. The molecule has 7 heteroatoms. The van der Waals surface area contributed by atoms with Gasteiger partial charge >= 0.3 is 5.97 Å². The maximum atomic E-state index is 11.6. The number of ketones is 1. The molecule has 1 saturated carbocycles. The fourth-order valence-corrected chi connectivity index (χ4v) is 4.41. The Bertz CT molecular complexity index is 572. The minimum absolute atomic E-state index is 0.0163. The molecule has 0 aromatic rings. The molecule has 0 spiro atoms. The van der Waals surface area contributed by atoms with Crippen molar-refractivity contribution in [2.75, 3.05) is 0 Å². The Morgan fingerprint density at radius 3 is 2.60 bits per heavy atom. The number of aliphatic hydroxyl groups excluding tert-OH is 1. The molecule has 0 radical (unpaired) electrons. The van der Waals surface area contributed by atoms with E-state index in [0.717, 1.165) is 12.8 Å². The number of carbonyl (C=O) groups excluding carboxylic acids is 1. The smallest absolute Gasteiger partial charge is 0.334 e. The van der Waals surface area contributed by atoms with E-state index >= 15 is 0 Å². The normalized spacial score (nSPS) is 43.8. The van der Waals surface area contributed by atoms with E-state index in [0.29, 0.717) is 0 Å². The van der Waals surface area contributed by atoms with Crippen molar-refractivity contribution in [3.8, 4) is 0 Å². The molecule has 1 saturated heterocycles. The van der Waals surface area contributed by atoms with Crippen LogP contribution in [0, 0.1) is 23.7 Å². The van der Waals surface area contributed by atoms with Crippen LogP contribution in [-0.4, -0.2) is 46.8 Å². The van der Waals surface area contributed by atoms with Crippen molar-refractivity contribution in [2.24, 2.45) is 23.7 Å². The second-order valence-electron chi connectivity index (χ2n) is 7.49. The van der Waals surface area contributed by atoms with Gasteiger partial charge in [-0.25, -0.2) is 4.79 Å². The molecule has 0 aromatic heterocycles. The molecular weight excluding hydrogens is 328 g/mol. The van der Waals surface area contributed by atoms with Gasteiger partial charge in [-0.3, -0.25) is 4.79 Å². The molecule has 0 aromatic carbocycles. The highest BCUT2D eigenvalue weighted by atomic mass is 16.8. The minimum atomic E-state index is -0.963. The number of carbonyl (C=O) groups is 2. The zero-order chi connectivity index (χ0) is 18.3. The number of rotatable bonds is 4. The quantitative estimate of drug-likeness (QED) is 0.792. The second-order valence-corrected chi connectivity index (χ2v) is 7.49.